The third kappa shape index (κ3) is 5.08. The van der Waals surface area contributed by atoms with Crippen molar-refractivity contribution in [2.45, 2.75) is 16.7 Å². The van der Waals surface area contributed by atoms with Crippen LogP contribution in [-0.4, -0.2) is 17.5 Å². The van der Waals surface area contributed by atoms with Gasteiger partial charge in [0.15, 0.2) is 0 Å². The van der Waals surface area contributed by atoms with Gasteiger partial charge in [-0.05, 0) is 40.7 Å². The standard InChI is InChI=1S/C7H8O4S2.2Na/c1-5-3-2-4-6(12(8)9)7(5)13(10)11;;/h2-4H,1H3,(H,8,9)(H,10,11);;/q;2*+1/p-2. The van der Waals surface area contributed by atoms with Crippen LogP contribution in [0.4, 0.5) is 0 Å². The number of aryl methyl sites for hydroxylation is 1. The maximum atomic E-state index is 10.7. The van der Waals surface area contributed by atoms with Crippen molar-refractivity contribution in [1.29, 1.82) is 0 Å². The molecule has 15 heavy (non-hydrogen) atoms. The Morgan fingerprint density at radius 1 is 1.07 bits per heavy atom. The first-order chi connectivity index (χ1) is 6.04. The van der Waals surface area contributed by atoms with Crippen LogP contribution in [0.5, 0.6) is 0 Å². The minimum Gasteiger partial charge on any atom is -0.768 e. The van der Waals surface area contributed by atoms with E-state index in [1.54, 1.807) is 13.0 Å². The van der Waals surface area contributed by atoms with Crippen molar-refractivity contribution >= 4 is 22.2 Å². The van der Waals surface area contributed by atoms with Crippen molar-refractivity contribution in [2.75, 3.05) is 0 Å². The molecule has 0 aromatic heterocycles. The van der Waals surface area contributed by atoms with Gasteiger partial charge in [0.1, 0.15) is 0 Å². The number of hydrogen-bond donors (Lipinski definition) is 0. The molecule has 0 amide bonds. The molecule has 0 N–H and O–H groups in total. The van der Waals surface area contributed by atoms with Crippen LogP contribution in [0.1, 0.15) is 5.56 Å². The Hall–Kier alpha value is 1.44. The molecule has 1 rings (SSSR count). The molecule has 0 spiro atoms. The summed E-state index contributed by atoms with van der Waals surface area (Å²) in [6.45, 7) is 1.54. The molecule has 0 aliphatic carbocycles. The molecule has 1 aromatic rings. The van der Waals surface area contributed by atoms with E-state index in [9.17, 15) is 17.5 Å². The molecule has 0 bridgehead atoms. The maximum Gasteiger partial charge on any atom is 1.00 e. The van der Waals surface area contributed by atoms with E-state index in [-0.39, 0.29) is 68.9 Å². The summed E-state index contributed by atoms with van der Waals surface area (Å²) < 4.78 is 42.6. The zero-order valence-electron chi connectivity index (χ0n) is 8.68. The first-order valence-electron chi connectivity index (χ1n) is 3.32. The van der Waals surface area contributed by atoms with E-state index in [4.69, 9.17) is 0 Å². The van der Waals surface area contributed by atoms with E-state index in [0.29, 0.717) is 5.56 Å². The van der Waals surface area contributed by atoms with E-state index >= 15 is 0 Å². The fourth-order valence-electron chi connectivity index (χ4n) is 0.970. The van der Waals surface area contributed by atoms with Crippen molar-refractivity contribution in [3.63, 3.8) is 0 Å². The minimum atomic E-state index is -2.52. The molecule has 0 heterocycles. The smallest absolute Gasteiger partial charge is 0.768 e. The Morgan fingerprint density at radius 2 is 1.60 bits per heavy atom. The van der Waals surface area contributed by atoms with Gasteiger partial charge < -0.3 is 9.11 Å². The molecule has 8 heteroatoms. The fraction of sp³-hybridized carbons (Fsp3) is 0.143. The Kier molecular flexibility index (Phi) is 10.7. The molecule has 1 aromatic carbocycles. The van der Waals surface area contributed by atoms with E-state index in [0.717, 1.165) is 0 Å². The second kappa shape index (κ2) is 8.52. The average Bonchev–Trinajstić information content (AvgIpc) is 2.02. The number of rotatable bonds is 2. The van der Waals surface area contributed by atoms with Gasteiger partial charge in [-0.25, -0.2) is 0 Å². The van der Waals surface area contributed by atoms with Gasteiger partial charge in [0, 0.05) is 9.79 Å². The van der Waals surface area contributed by atoms with Gasteiger partial charge in [-0.15, -0.1) is 0 Å². The molecule has 2 atom stereocenters. The maximum absolute atomic E-state index is 10.7. The molecule has 0 saturated carbocycles. The molecule has 72 valence electrons. The topological polar surface area (TPSA) is 80.3 Å². The monoisotopic (exact) mass is 264 g/mol. The van der Waals surface area contributed by atoms with Crippen molar-refractivity contribution in [3.05, 3.63) is 23.8 Å². The predicted molar refractivity (Wildman–Crippen MR) is 45.6 cm³/mol. The third-order valence-electron chi connectivity index (χ3n) is 1.52. The second-order valence-electron chi connectivity index (χ2n) is 2.37. The van der Waals surface area contributed by atoms with Crippen LogP contribution >= 0.6 is 0 Å². The SMILES string of the molecule is Cc1cccc(S(=O)[O-])c1S(=O)[O-].[Na+].[Na+]. The van der Waals surface area contributed by atoms with Gasteiger partial charge >= 0.3 is 59.1 Å². The summed E-state index contributed by atoms with van der Waals surface area (Å²) in [7, 11) is 0. The van der Waals surface area contributed by atoms with Crippen LogP contribution in [0.25, 0.3) is 0 Å². The van der Waals surface area contributed by atoms with Crippen molar-refractivity contribution < 1.29 is 76.6 Å². The molecule has 0 aliphatic rings. The van der Waals surface area contributed by atoms with Crippen LogP contribution in [0.3, 0.4) is 0 Å². The van der Waals surface area contributed by atoms with Gasteiger partial charge in [0.05, 0.1) is 0 Å². The molecule has 0 fully saturated rings. The summed E-state index contributed by atoms with van der Waals surface area (Å²) in [4.78, 5) is -0.343. The first-order valence-corrected chi connectivity index (χ1v) is 5.47. The van der Waals surface area contributed by atoms with E-state index in [1.165, 1.54) is 12.1 Å². The largest absolute Gasteiger partial charge is 1.00 e. The summed E-state index contributed by atoms with van der Waals surface area (Å²) >= 11 is -5.03. The van der Waals surface area contributed by atoms with Gasteiger partial charge in [0.25, 0.3) is 0 Å². The quantitative estimate of drug-likeness (QED) is 0.394. The van der Waals surface area contributed by atoms with E-state index < -0.39 is 22.2 Å². The summed E-state index contributed by atoms with van der Waals surface area (Å²) in [6, 6.07) is 4.29. The molecule has 0 radical (unpaired) electrons. The molecule has 0 aliphatic heterocycles. The Bertz CT molecular complexity index is 383. The average molecular weight is 264 g/mol. The summed E-state index contributed by atoms with van der Waals surface area (Å²) in [5.41, 5.74) is 0.426. The van der Waals surface area contributed by atoms with Crippen LogP contribution in [0.2, 0.25) is 0 Å². The Morgan fingerprint density at radius 3 is 1.93 bits per heavy atom. The summed E-state index contributed by atoms with van der Waals surface area (Å²) in [5, 5.41) is 0. The van der Waals surface area contributed by atoms with Crippen molar-refractivity contribution in [2.24, 2.45) is 0 Å². The molecular formula is C7H6Na2O4S2. The van der Waals surface area contributed by atoms with Crippen molar-refractivity contribution in [3.8, 4) is 0 Å². The summed E-state index contributed by atoms with van der Waals surface area (Å²) in [5.74, 6) is 0. The molecule has 2 unspecified atom stereocenters. The third-order valence-corrected chi connectivity index (χ3v) is 3.23. The number of hydrogen-bond acceptors (Lipinski definition) is 4. The Labute approximate surface area is 137 Å². The summed E-state index contributed by atoms with van der Waals surface area (Å²) in [6.07, 6.45) is 0. The zero-order valence-corrected chi connectivity index (χ0v) is 14.3. The molecular weight excluding hydrogens is 258 g/mol. The first kappa shape index (κ1) is 18.8. The zero-order chi connectivity index (χ0) is 10.0. The van der Waals surface area contributed by atoms with Crippen LogP contribution in [0, 0.1) is 6.92 Å². The van der Waals surface area contributed by atoms with Crippen LogP contribution in [-0.2, 0) is 22.2 Å². The predicted octanol–water partition coefficient (Wildman–Crippen LogP) is -5.52. The minimum absolute atomic E-state index is 0. The van der Waals surface area contributed by atoms with Crippen LogP contribution < -0.4 is 59.1 Å². The van der Waals surface area contributed by atoms with Crippen LogP contribution in [0.15, 0.2) is 28.0 Å². The molecule has 4 nitrogen and oxygen atoms in total. The van der Waals surface area contributed by atoms with E-state index in [1.807, 2.05) is 0 Å². The second-order valence-corrected chi connectivity index (χ2v) is 4.16. The fourth-order valence-corrected chi connectivity index (χ4v) is 2.44. The van der Waals surface area contributed by atoms with Crippen molar-refractivity contribution in [1.82, 2.24) is 0 Å². The number of benzene rings is 1. The van der Waals surface area contributed by atoms with Gasteiger partial charge in [-0.3, -0.25) is 8.42 Å². The normalized spacial score (nSPS) is 13.3. The Balaban J connectivity index is 0. The molecule has 0 saturated heterocycles. The van der Waals surface area contributed by atoms with Gasteiger partial charge in [-0.1, -0.05) is 12.1 Å². The van der Waals surface area contributed by atoms with E-state index in [2.05, 4.69) is 0 Å². The van der Waals surface area contributed by atoms with Gasteiger partial charge in [-0.2, -0.15) is 0 Å². The van der Waals surface area contributed by atoms with Gasteiger partial charge in [0.2, 0.25) is 0 Å².